The van der Waals surface area contributed by atoms with Gasteiger partial charge in [0.05, 0.1) is 21.6 Å². The number of benzene rings is 2. The predicted octanol–water partition coefficient (Wildman–Crippen LogP) is 2.45. The van der Waals surface area contributed by atoms with E-state index in [-0.39, 0.29) is 33.8 Å². The Balaban J connectivity index is 2.00. The van der Waals surface area contributed by atoms with E-state index < -0.39 is 29.3 Å². The molecule has 3 rings (SSSR count). The monoisotopic (exact) mass is 382 g/mol. The first kappa shape index (κ1) is 18.9. The molecule has 2 aromatic carbocycles. The van der Waals surface area contributed by atoms with E-state index in [0.29, 0.717) is 10.5 Å². The maximum Gasteiger partial charge on any atom is 0.338 e. The highest BCUT2D eigenvalue weighted by atomic mass is 16.6. The fraction of sp³-hybridized carbons (Fsp3) is 0.158. The molecule has 1 aliphatic heterocycles. The van der Waals surface area contributed by atoms with E-state index in [1.165, 1.54) is 37.3 Å². The molecule has 0 saturated heterocycles. The molecule has 9 nitrogen and oxygen atoms in total. The number of rotatable bonds is 5. The lowest BCUT2D eigenvalue weighted by atomic mass is 10.1. The second-order valence-corrected chi connectivity index (χ2v) is 6.23. The zero-order valence-electron chi connectivity index (χ0n) is 14.9. The maximum absolute atomic E-state index is 12.8. The van der Waals surface area contributed by atoms with E-state index in [0.717, 1.165) is 0 Å². The molecule has 28 heavy (non-hydrogen) atoms. The van der Waals surface area contributed by atoms with Crippen molar-refractivity contribution in [2.24, 2.45) is 0 Å². The number of aryl methyl sites for hydroxylation is 1. The summed E-state index contributed by atoms with van der Waals surface area (Å²) in [6.45, 7) is 2.49. The number of nitrogens with zero attached hydrogens (tertiary/aromatic N) is 2. The van der Waals surface area contributed by atoms with Crippen molar-refractivity contribution < 1.29 is 28.8 Å². The third-order valence-electron chi connectivity index (χ3n) is 4.10. The van der Waals surface area contributed by atoms with Gasteiger partial charge in [0.15, 0.2) is 5.78 Å². The predicted molar refractivity (Wildman–Crippen MR) is 96.4 cm³/mol. The first-order valence-corrected chi connectivity index (χ1v) is 8.15. The van der Waals surface area contributed by atoms with Crippen molar-refractivity contribution in [2.75, 3.05) is 11.5 Å². The van der Waals surface area contributed by atoms with Gasteiger partial charge in [-0.1, -0.05) is 6.07 Å². The molecule has 0 N–H and O–H groups in total. The number of amides is 2. The number of carbonyl (C=O) groups is 4. The zero-order chi connectivity index (χ0) is 20.6. The van der Waals surface area contributed by atoms with Gasteiger partial charge in [-0.2, -0.15) is 0 Å². The minimum Gasteiger partial charge on any atom is -0.454 e. The van der Waals surface area contributed by atoms with Crippen LogP contribution in [0.4, 0.5) is 11.4 Å². The van der Waals surface area contributed by atoms with Crippen LogP contribution in [0.25, 0.3) is 0 Å². The van der Waals surface area contributed by atoms with E-state index in [1.807, 2.05) is 0 Å². The fourth-order valence-electron chi connectivity index (χ4n) is 2.81. The van der Waals surface area contributed by atoms with Crippen LogP contribution >= 0.6 is 0 Å². The van der Waals surface area contributed by atoms with Gasteiger partial charge in [-0.15, -0.1) is 0 Å². The molecule has 2 amide bonds. The molecule has 1 heterocycles. The number of hydrogen-bond donors (Lipinski definition) is 0. The highest BCUT2D eigenvalue weighted by Gasteiger charge is 2.40. The van der Waals surface area contributed by atoms with Gasteiger partial charge in [0.2, 0.25) is 0 Å². The lowest BCUT2D eigenvalue weighted by Crippen LogP contribution is -2.30. The van der Waals surface area contributed by atoms with Crippen molar-refractivity contribution >= 4 is 34.9 Å². The molecule has 2 aromatic rings. The van der Waals surface area contributed by atoms with Crippen LogP contribution in [0.5, 0.6) is 0 Å². The summed E-state index contributed by atoms with van der Waals surface area (Å²) in [6, 6.07) is 7.90. The van der Waals surface area contributed by atoms with Crippen LogP contribution in [0.2, 0.25) is 0 Å². The summed E-state index contributed by atoms with van der Waals surface area (Å²) < 4.78 is 4.80. The number of fused-ring (bicyclic) bond motifs is 1. The quantitative estimate of drug-likeness (QED) is 0.337. The van der Waals surface area contributed by atoms with Gasteiger partial charge in [0.25, 0.3) is 17.5 Å². The molecule has 0 aliphatic carbocycles. The highest BCUT2D eigenvalue weighted by Crippen LogP contribution is 2.35. The van der Waals surface area contributed by atoms with Crippen LogP contribution in [0.3, 0.4) is 0 Å². The molecule has 142 valence electrons. The molecule has 0 aromatic heterocycles. The van der Waals surface area contributed by atoms with Crippen LogP contribution in [-0.2, 0) is 9.53 Å². The number of Topliss-reactive ketones (excluding diaryl/α,β-unsaturated/α-hetero) is 1. The minimum atomic E-state index is -0.821. The third kappa shape index (κ3) is 3.25. The second-order valence-electron chi connectivity index (χ2n) is 6.23. The second kappa shape index (κ2) is 7.03. The number of carbonyl (C=O) groups excluding carboxylic acids is 4. The standard InChI is InChI=1S/C19H14N2O7/c1-10-3-6-15(16(7-10)21(26)27)20-17(23)13-5-4-12(8-14(13)18(20)24)19(25)28-9-11(2)22/h3-8H,9H2,1-2H3. The fourth-order valence-corrected chi connectivity index (χ4v) is 2.81. The Bertz CT molecular complexity index is 1060. The Morgan fingerprint density at radius 1 is 1.07 bits per heavy atom. The van der Waals surface area contributed by atoms with Crippen molar-refractivity contribution in [1.82, 2.24) is 0 Å². The van der Waals surface area contributed by atoms with Crippen LogP contribution in [0, 0.1) is 17.0 Å². The SMILES string of the molecule is CC(=O)COC(=O)c1ccc2c(c1)C(=O)N(c1ccc(C)cc1[N+](=O)[O-])C2=O. The van der Waals surface area contributed by atoms with E-state index in [1.54, 1.807) is 13.0 Å². The van der Waals surface area contributed by atoms with Crippen molar-refractivity contribution in [1.29, 1.82) is 0 Å². The minimum absolute atomic E-state index is 0.0126. The number of nitro groups is 1. The lowest BCUT2D eigenvalue weighted by molar-refractivity contribution is -0.384. The van der Waals surface area contributed by atoms with Gasteiger partial charge in [0, 0.05) is 6.07 Å². The molecule has 9 heteroatoms. The number of esters is 1. The van der Waals surface area contributed by atoms with Gasteiger partial charge in [-0.3, -0.25) is 24.5 Å². The van der Waals surface area contributed by atoms with Crippen LogP contribution < -0.4 is 4.90 Å². The normalized spacial score (nSPS) is 12.7. The number of ketones is 1. The molecule has 0 fully saturated rings. The number of hydrogen-bond acceptors (Lipinski definition) is 7. The zero-order valence-corrected chi connectivity index (χ0v) is 14.9. The number of ether oxygens (including phenoxy) is 1. The first-order chi connectivity index (χ1) is 13.2. The average Bonchev–Trinajstić information content (AvgIpc) is 2.90. The summed E-state index contributed by atoms with van der Waals surface area (Å²) in [4.78, 5) is 59.8. The maximum atomic E-state index is 12.8. The van der Waals surface area contributed by atoms with Crippen LogP contribution in [-0.4, -0.2) is 35.1 Å². The van der Waals surface area contributed by atoms with Gasteiger partial charge in [0.1, 0.15) is 12.3 Å². The molecule has 0 atom stereocenters. The molecular weight excluding hydrogens is 368 g/mol. The Morgan fingerprint density at radius 3 is 2.39 bits per heavy atom. The topological polar surface area (TPSA) is 124 Å². The van der Waals surface area contributed by atoms with Gasteiger partial charge in [-0.05, 0) is 43.7 Å². The average molecular weight is 382 g/mol. The summed E-state index contributed by atoms with van der Waals surface area (Å²) >= 11 is 0. The van der Waals surface area contributed by atoms with Gasteiger partial charge < -0.3 is 4.74 Å². The van der Waals surface area contributed by atoms with Crippen molar-refractivity contribution in [2.45, 2.75) is 13.8 Å². The lowest BCUT2D eigenvalue weighted by Gasteiger charge is -2.14. The van der Waals surface area contributed by atoms with Gasteiger partial charge in [-0.25, -0.2) is 9.69 Å². The van der Waals surface area contributed by atoms with E-state index in [2.05, 4.69) is 0 Å². The molecule has 0 unspecified atom stereocenters. The molecule has 1 aliphatic rings. The molecule has 0 spiro atoms. The van der Waals surface area contributed by atoms with E-state index in [4.69, 9.17) is 4.74 Å². The smallest absolute Gasteiger partial charge is 0.338 e. The molecule has 0 bridgehead atoms. The van der Waals surface area contributed by atoms with E-state index >= 15 is 0 Å². The third-order valence-corrected chi connectivity index (χ3v) is 4.10. The summed E-state index contributed by atoms with van der Waals surface area (Å²) in [5.74, 6) is -2.68. The number of nitro benzene ring substituents is 1. The van der Waals surface area contributed by atoms with Crippen LogP contribution in [0.15, 0.2) is 36.4 Å². The Kier molecular flexibility index (Phi) is 4.74. The Morgan fingerprint density at radius 2 is 1.75 bits per heavy atom. The van der Waals surface area contributed by atoms with Gasteiger partial charge >= 0.3 is 5.97 Å². The first-order valence-electron chi connectivity index (χ1n) is 8.15. The number of anilines is 1. The summed E-state index contributed by atoms with van der Waals surface area (Å²) in [5.41, 5.74) is 0.00205. The van der Waals surface area contributed by atoms with Crippen molar-refractivity contribution in [3.05, 3.63) is 68.8 Å². The van der Waals surface area contributed by atoms with Crippen molar-refractivity contribution in [3.8, 4) is 0 Å². The van der Waals surface area contributed by atoms with Crippen LogP contribution in [0.1, 0.15) is 43.6 Å². The molecule has 0 radical (unpaired) electrons. The van der Waals surface area contributed by atoms with E-state index in [9.17, 15) is 29.3 Å². The largest absolute Gasteiger partial charge is 0.454 e. The van der Waals surface area contributed by atoms with Crippen molar-refractivity contribution in [3.63, 3.8) is 0 Å². The highest BCUT2D eigenvalue weighted by molar-refractivity contribution is 6.35. The summed E-state index contributed by atoms with van der Waals surface area (Å²) in [7, 11) is 0. The Labute approximate surface area is 158 Å². The molecule has 0 saturated carbocycles. The number of imide groups is 1. The molecular formula is C19H14N2O7. The summed E-state index contributed by atoms with van der Waals surface area (Å²) in [6.07, 6.45) is 0. The Hall–Kier alpha value is -3.88. The summed E-state index contributed by atoms with van der Waals surface area (Å²) in [5, 5.41) is 11.4.